The molecule has 0 amide bonds. The number of aromatic nitrogens is 2. The van der Waals surface area contributed by atoms with Crippen molar-refractivity contribution < 1.29 is 9.50 Å². The minimum absolute atomic E-state index is 0.157. The van der Waals surface area contributed by atoms with Crippen LogP contribution in [0.25, 0.3) is 5.65 Å². The summed E-state index contributed by atoms with van der Waals surface area (Å²) in [5.74, 6) is -0.406. The van der Waals surface area contributed by atoms with Crippen molar-refractivity contribution >= 4 is 44.2 Å². The van der Waals surface area contributed by atoms with Gasteiger partial charge in [-0.1, -0.05) is 0 Å². The van der Waals surface area contributed by atoms with Gasteiger partial charge >= 0.3 is 0 Å². The largest absolute Gasteiger partial charge is 0.390 e. The van der Waals surface area contributed by atoms with E-state index < -0.39 is 5.82 Å². The van der Waals surface area contributed by atoms with Crippen LogP contribution in [0.1, 0.15) is 5.69 Å². The Bertz CT molecular complexity index is 500. The zero-order valence-electron chi connectivity index (χ0n) is 6.84. The molecule has 0 atom stereocenters. The van der Waals surface area contributed by atoms with E-state index in [1.54, 1.807) is 10.6 Å². The van der Waals surface area contributed by atoms with Gasteiger partial charge in [-0.25, -0.2) is 9.37 Å². The van der Waals surface area contributed by atoms with Crippen molar-refractivity contribution in [2.45, 2.75) is 6.61 Å². The number of halogens is 3. The van der Waals surface area contributed by atoms with Crippen molar-refractivity contribution in [1.82, 2.24) is 9.38 Å². The number of hydrogen-bond donors (Lipinski definition) is 1. The number of aliphatic hydroxyl groups excluding tert-OH is 1. The lowest BCUT2D eigenvalue weighted by Gasteiger charge is -1.99. The number of imidazole rings is 1. The van der Waals surface area contributed by atoms with Crippen LogP contribution < -0.4 is 0 Å². The highest BCUT2D eigenvalue weighted by Gasteiger charge is 2.12. The highest BCUT2D eigenvalue weighted by Crippen LogP contribution is 2.21. The minimum Gasteiger partial charge on any atom is -0.390 e. The first-order valence-corrected chi connectivity index (χ1v) is 5.63. The number of fused-ring (bicyclic) bond motifs is 1. The second-order valence-corrected chi connectivity index (χ2v) is 4.64. The van der Waals surface area contributed by atoms with Gasteiger partial charge in [0.25, 0.3) is 0 Å². The fourth-order valence-electron chi connectivity index (χ4n) is 1.23. The monoisotopic (exact) mass is 370 g/mol. The fraction of sp³-hybridized carbons (Fsp3) is 0.125. The lowest BCUT2D eigenvalue weighted by molar-refractivity contribution is 0.274. The second kappa shape index (κ2) is 3.74. The molecule has 2 rings (SSSR count). The molecule has 0 bridgehead atoms. The summed E-state index contributed by atoms with van der Waals surface area (Å²) >= 11 is 5.15. The van der Waals surface area contributed by atoms with Crippen molar-refractivity contribution in [1.29, 1.82) is 0 Å². The van der Waals surface area contributed by atoms with Gasteiger partial charge in [0.15, 0.2) is 11.5 Å². The molecule has 0 radical (unpaired) electrons. The SMILES string of the molecule is OCc1c(I)nc2c(F)cc(Br)cn12. The Labute approximate surface area is 101 Å². The van der Waals surface area contributed by atoms with Crippen molar-refractivity contribution in [2.24, 2.45) is 0 Å². The van der Waals surface area contributed by atoms with Gasteiger partial charge in [-0.05, 0) is 44.6 Å². The summed E-state index contributed by atoms with van der Waals surface area (Å²) in [6.45, 7) is -0.157. The molecule has 2 aromatic rings. The van der Waals surface area contributed by atoms with Crippen LogP contribution in [0.3, 0.4) is 0 Å². The molecule has 0 aromatic carbocycles. The molecule has 0 aliphatic heterocycles. The third-order valence-corrected chi connectivity index (χ3v) is 3.14. The van der Waals surface area contributed by atoms with E-state index in [9.17, 15) is 4.39 Å². The third kappa shape index (κ3) is 1.55. The van der Waals surface area contributed by atoms with E-state index in [0.717, 1.165) is 0 Å². The van der Waals surface area contributed by atoms with Gasteiger partial charge in [0.1, 0.15) is 3.70 Å². The van der Waals surface area contributed by atoms with E-state index in [-0.39, 0.29) is 12.3 Å². The Kier molecular flexibility index (Phi) is 2.76. The molecule has 0 aliphatic rings. The van der Waals surface area contributed by atoms with Crippen molar-refractivity contribution in [3.63, 3.8) is 0 Å². The normalized spacial score (nSPS) is 11.1. The maximum Gasteiger partial charge on any atom is 0.174 e. The average molecular weight is 371 g/mol. The number of nitrogens with zero attached hydrogens (tertiary/aromatic N) is 2. The maximum absolute atomic E-state index is 13.4. The standard InChI is InChI=1S/C8H5BrFIN2O/c9-4-1-5(10)8-12-7(11)6(3-14)13(8)2-4/h1-2,14H,3H2. The summed E-state index contributed by atoms with van der Waals surface area (Å²) in [5, 5.41) is 9.08. The molecule has 0 unspecified atom stereocenters. The summed E-state index contributed by atoms with van der Waals surface area (Å²) in [6.07, 6.45) is 1.68. The van der Waals surface area contributed by atoms with Crippen LogP contribution in [0.4, 0.5) is 4.39 Å². The molecule has 74 valence electrons. The van der Waals surface area contributed by atoms with Crippen molar-refractivity contribution in [3.05, 3.63) is 31.9 Å². The highest BCUT2D eigenvalue weighted by atomic mass is 127. The molecule has 0 saturated carbocycles. The third-order valence-electron chi connectivity index (χ3n) is 1.84. The Balaban J connectivity index is 2.87. The van der Waals surface area contributed by atoms with Crippen LogP contribution in [-0.2, 0) is 6.61 Å². The van der Waals surface area contributed by atoms with Gasteiger partial charge < -0.3 is 5.11 Å². The van der Waals surface area contributed by atoms with Crippen LogP contribution in [0.2, 0.25) is 0 Å². The molecular formula is C8H5BrFIN2O. The fourth-order valence-corrected chi connectivity index (χ4v) is 2.30. The molecule has 14 heavy (non-hydrogen) atoms. The molecular weight excluding hydrogens is 366 g/mol. The van der Waals surface area contributed by atoms with Gasteiger partial charge in [0, 0.05) is 10.7 Å². The van der Waals surface area contributed by atoms with Crippen LogP contribution in [-0.4, -0.2) is 14.5 Å². The molecule has 0 fully saturated rings. The number of aliphatic hydroxyl groups is 1. The molecule has 6 heteroatoms. The highest BCUT2D eigenvalue weighted by molar-refractivity contribution is 14.1. The van der Waals surface area contributed by atoms with E-state index in [2.05, 4.69) is 20.9 Å². The summed E-state index contributed by atoms with van der Waals surface area (Å²) in [7, 11) is 0. The van der Waals surface area contributed by atoms with Crippen LogP contribution >= 0.6 is 38.5 Å². The van der Waals surface area contributed by atoms with Gasteiger partial charge in [0.2, 0.25) is 0 Å². The van der Waals surface area contributed by atoms with Gasteiger partial charge in [-0.15, -0.1) is 0 Å². The second-order valence-electron chi connectivity index (χ2n) is 2.71. The smallest absolute Gasteiger partial charge is 0.174 e. The Morgan fingerprint density at radius 3 is 3.00 bits per heavy atom. The predicted octanol–water partition coefficient (Wildman–Crippen LogP) is 2.33. The summed E-state index contributed by atoms with van der Waals surface area (Å²) in [5.41, 5.74) is 0.836. The van der Waals surface area contributed by atoms with Crippen molar-refractivity contribution in [3.8, 4) is 0 Å². The van der Waals surface area contributed by atoms with Gasteiger partial charge in [-0.3, -0.25) is 4.40 Å². The minimum atomic E-state index is -0.406. The van der Waals surface area contributed by atoms with E-state index in [1.807, 2.05) is 22.6 Å². The maximum atomic E-state index is 13.4. The number of rotatable bonds is 1. The first kappa shape index (κ1) is 10.3. The molecule has 2 heterocycles. The van der Waals surface area contributed by atoms with Crippen LogP contribution in [0.5, 0.6) is 0 Å². The zero-order chi connectivity index (χ0) is 10.3. The van der Waals surface area contributed by atoms with Gasteiger partial charge in [0.05, 0.1) is 12.3 Å². The Morgan fingerprint density at radius 2 is 2.36 bits per heavy atom. The molecule has 3 nitrogen and oxygen atoms in total. The lowest BCUT2D eigenvalue weighted by atomic mass is 10.4. The molecule has 0 aliphatic carbocycles. The topological polar surface area (TPSA) is 37.5 Å². The Hall–Kier alpha value is -0.210. The molecule has 2 aromatic heterocycles. The molecule has 1 N–H and O–H groups in total. The van der Waals surface area contributed by atoms with E-state index in [0.29, 0.717) is 13.9 Å². The zero-order valence-corrected chi connectivity index (χ0v) is 10.6. The number of hydrogen-bond acceptors (Lipinski definition) is 2. The van der Waals surface area contributed by atoms with Crippen molar-refractivity contribution in [2.75, 3.05) is 0 Å². The first-order chi connectivity index (χ1) is 6.63. The lowest BCUT2D eigenvalue weighted by Crippen LogP contribution is -1.95. The van der Waals surface area contributed by atoms with E-state index in [1.165, 1.54) is 6.07 Å². The number of pyridine rings is 1. The predicted molar refractivity (Wildman–Crippen MR) is 61.5 cm³/mol. The first-order valence-electron chi connectivity index (χ1n) is 3.76. The Morgan fingerprint density at radius 1 is 1.64 bits per heavy atom. The summed E-state index contributed by atoms with van der Waals surface area (Å²) < 4.78 is 16.2. The summed E-state index contributed by atoms with van der Waals surface area (Å²) in [6, 6.07) is 1.35. The van der Waals surface area contributed by atoms with Gasteiger partial charge in [-0.2, -0.15) is 0 Å². The van der Waals surface area contributed by atoms with Crippen LogP contribution in [0.15, 0.2) is 16.7 Å². The quantitative estimate of drug-likeness (QED) is 0.782. The molecule has 0 saturated heterocycles. The van der Waals surface area contributed by atoms with E-state index in [4.69, 9.17) is 5.11 Å². The molecule has 0 spiro atoms. The van der Waals surface area contributed by atoms with E-state index >= 15 is 0 Å². The summed E-state index contributed by atoms with van der Waals surface area (Å²) in [4.78, 5) is 4.02. The average Bonchev–Trinajstić information content (AvgIpc) is 2.41. The van der Waals surface area contributed by atoms with Crippen LogP contribution in [0, 0.1) is 9.52 Å².